The van der Waals surface area contributed by atoms with Crippen molar-refractivity contribution in [3.05, 3.63) is 47.1 Å². The third-order valence-electron chi connectivity index (χ3n) is 4.98. The molecule has 1 rings (SSSR count). The molecule has 188 valence electrons. The summed E-state index contributed by atoms with van der Waals surface area (Å²) in [7, 11) is 1.26. The van der Waals surface area contributed by atoms with Gasteiger partial charge in [0.1, 0.15) is 11.7 Å². The molecular weight excluding hydrogens is 464 g/mol. The highest BCUT2D eigenvalue weighted by molar-refractivity contribution is 6.46. The lowest BCUT2D eigenvalue weighted by Crippen LogP contribution is -2.36. The Balaban J connectivity index is 3.23. The summed E-state index contributed by atoms with van der Waals surface area (Å²) in [5.74, 6) is -2.37. The summed E-state index contributed by atoms with van der Waals surface area (Å²) in [5.41, 5.74) is -1.80. The van der Waals surface area contributed by atoms with E-state index in [-0.39, 0.29) is 36.3 Å². The molecule has 0 bridgehead atoms. The lowest BCUT2D eigenvalue weighted by atomic mass is 9.90. The van der Waals surface area contributed by atoms with E-state index in [2.05, 4.69) is 4.74 Å². The Morgan fingerprint density at radius 3 is 2.35 bits per heavy atom. The third-order valence-corrected chi connectivity index (χ3v) is 5.26. The van der Waals surface area contributed by atoms with Gasteiger partial charge in [0, 0.05) is 32.3 Å². The van der Waals surface area contributed by atoms with Gasteiger partial charge >= 0.3 is 17.9 Å². The first kappa shape index (κ1) is 29.3. The summed E-state index contributed by atoms with van der Waals surface area (Å²) in [6.07, 6.45) is 10.0. The average Bonchev–Trinajstić information content (AvgIpc) is 2.97. The van der Waals surface area contributed by atoms with Crippen molar-refractivity contribution >= 4 is 35.3 Å². The van der Waals surface area contributed by atoms with Gasteiger partial charge in [-0.3, -0.25) is 19.2 Å². The maximum absolute atomic E-state index is 12.7. The van der Waals surface area contributed by atoms with Crippen molar-refractivity contribution in [3.8, 4) is 0 Å². The number of hydrogen-bond acceptors (Lipinski definition) is 8. The molecule has 9 heteroatoms. The fraction of sp³-hybridized carbons (Fsp3) is 0.520. The highest BCUT2D eigenvalue weighted by Crippen LogP contribution is 2.37. The smallest absolute Gasteiger partial charge is 0.305 e. The average molecular weight is 497 g/mol. The monoisotopic (exact) mass is 496 g/mol. The second-order valence-electron chi connectivity index (χ2n) is 7.81. The molecule has 3 atom stereocenters. The number of esters is 3. The first-order valence-corrected chi connectivity index (χ1v) is 11.5. The minimum Gasteiger partial charge on any atom is -0.469 e. The zero-order valence-electron chi connectivity index (χ0n) is 20.0. The zero-order chi connectivity index (χ0) is 25.7. The summed E-state index contributed by atoms with van der Waals surface area (Å²) in [5, 5.41) is 11.0. The van der Waals surface area contributed by atoms with E-state index in [9.17, 15) is 24.3 Å². The number of rotatable bonds is 13. The normalized spacial score (nSPS) is 21.1. The van der Waals surface area contributed by atoms with Crippen LogP contribution in [0.4, 0.5) is 0 Å². The number of ether oxygens (including phenoxy) is 3. The van der Waals surface area contributed by atoms with Crippen LogP contribution in [-0.2, 0) is 33.4 Å². The van der Waals surface area contributed by atoms with Gasteiger partial charge in [-0.05, 0) is 37.8 Å². The van der Waals surface area contributed by atoms with Gasteiger partial charge < -0.3 is 19.3 Å². The molecule has 0 aromatic rings. The minimum atomic E-state index is -1.72. The molecular formula is C25H33ClO8. The van der Waals surface area contributed by atoms with Crippen LogP contribution < -0.4 is 0 Å². The second kappa shape index (κ2) is 14.5. The van der Waals surface area contributed by atoms with E-state index in [1.54, 1.807) is 6.08 Å². The van der Waals surface area contributed by atoms with Crippen LogP contribution in [0.25, 0.3) is 0 Å². The lowest BCUT2D eigenvalue weighted by molar-refractivity contribution is -0.162. The van der Waals surface area contributed by atoms with Crippen LogP contribution in [0.5, 0.6) is 0 Å². The molecule has 1 N–H and O–H groups in total. The number of aliphatic hydroxyl groups is 1. The van der Waals surface area contributed by atoms with Crippen molar-refractivity contribution in [1.29, 1.82) is 0 Å². The van der Waals surface area contributed by atoms with Crippen LogP contribution in [0, 0.1) is 0 Å². The van der Waals surface area contributed by atoms with E-state index in [0.29, 0.717) is 6.42 Å². The number of methoxy groups -OCH3 is 1. The van der Waals surface area contributed by atoms with Crippen molar-refractivity contribution in [3.63, 3.8) is 0 Å². The van der Waals surface area contributed by atoms with E-state index in [0.717, 1.165) is 6.42 Å². The molecule has 1 aliphatic carbocycles. The largest absolute Gasteiger partial charge is 0.469 e. The molecule has 0 radical (unpaired) electrons. The molecule has 0 fully saturated rings. The van der Waals surface area contributed by atoms with E-state index in [1.807, 2.05) is 25.2 Å². The Morgan fingerprint density at radius 1 is 1.12 bits per heavy atom. The summed E-state index contributed by atoms with van der Waals surface area (Å²) in [4.78, 5) is 47.7. The molecule has 8 nitrogen and oxygen atoms in total. The molecule has 0 heterocycles. The van der Waals surface area contributed by atoms with E-state index in [1.165, 1.54) is 33.1 Å². The standard InChI is InChI=1S/C25H33ClO8/c1-5-6-7-8-9-10-14-25(31)16-20(26)24(30)19(25)15-22(34-18(3)28)21(33-17(2)27)12-11-13-23(29)32-4/h6-7,9-10,15-16,21-22,31H,5,8,11-14H2,1-4H3/b7-6-,10-9-,19-15-/t21-,22-,25+/m0/s1. The lowest BCUT2D eigenvalue weighted by Gasteiger charge is -2.27. The first-order chi connectivity index (χ1) is 16.0. The Bertz CT molecular complexity index is 870. The molecule has 0 aromatic heterocycles. The number of carbonyl (C=O) groups is 4. The van der Waals surface area contributed by atoms with Crippen LogP contribution in [0.3, 0.4) is 0 Å². The predicted molar refractivity (Wildman–Crippen MR) is 127 cm³/mol. The number of Topliss-reactive ketones (excluding diaryl/α,β-unsaturated/α-hetero) is 1. The quantitative estimate of drug-likeness (QED) is 0.177. The number of carbonyl (C=O) groups excluding carboxylic acids is 4. The fourth-order valence-corrected chi connectivity index (χ4v) is 3.68. The van der Waals surface area contributed by atoms with Crippen molar-refractivity contribution in [2.45, 2.75) is 77.1 Å². The Labute approximate surface area is 205 Å². The van der Waals surface area contributed by atoms with Gasteiger partial charge in [-0.25, -0.2) is 0 Å². The number of hydrogen-bond donors (Lipinski definition) is 1. The first-order valence-electron chi connectivity index (χ1n) is 11.1. The van der Waals surface area contributed by atoms with Gasteiger partial charge in [0.15, 0.2) is 6.10 Å². The zero-order valence-corrected chi connectivity index (χ0v) is 20.8. The maximum atomic E-state index is 12.7. The molecule has 0 amide bonds. The molecule has 0 saturated carbocycles. The predicted octanol–water partition coefficient (Wildman–Crippen LogP) is 3.86. The van der Waals surface area contributed by atoms with Crippen LogP contribution >= 0.6 is 11.6 Å². The van der Waals surface area contributed by atoms with Gasteiger partial charge in [-0.2, -0.15) is 0 Å². The van der Waals surface area contributed by atoms with Crippen LogP contribution in [0.15, 0.2) is 47.1 Å². The van der Waals surface area contributed by atoms with E-state index >= 15 is 0 Å². The molecule has 0 saturated heterocycles. The van der Waals surface area contributed by atoms with E-state index < -0.39 is 41.5 Å². The maximum Gasteiger partial charge on any atom is 0.305 e. The minimum absolute atomic E-state index is 0.0607. The van der Waals surface area contributed by atoms with E-state index in [4.69, 9.17) is 21.1 Å². The molecule has 0 aliphatic heterocycles. The number of allylic oxidation sites excluding steroid dienone is 4. The Morgan fingerprint density at radius 2 is 1.76 bits per heavy atom. The van der Waals surface area contributed by atoms with Crippen LogP contribution in [-0.4, -0.2) is 53.7 Å². The second-order valence-corrected chi connectivity index (χ2v) is 8.21. The summed E-state index contributed by atoms with van der Waals surface area (Å²) in [6, 6.07) is 0. The summed E-state index contributed by atoms with van der Waals surface area (Å²) >= 11 is 6.04. The summed E-state index contributed by atoms with van der Waals surface area (Å²) in [6.45, 7) is 4.39. The van der Waals surface area contributed by atoms with Crippen molar-refractivity contribution in [1.82, 2.24) is 0 Å². The highest BCUT2D eigenvalue weighted by Gasteiger charge is 2.42. The third kappa shape index (κ3) is 9.65. The van der Waals surface area contributed by atoms with Crippen molar-refractivity contribution in [2.24, 2.45) is 0 Å². The topological polar surface area (TPSA) is 116 Å². The van der Waals surface area contributed by atoms with Crippen molar-refractivity contribution < 1.29 is 38.5 Å². The van der Waals surface area contributed by atoms with Gasteiger partial charge in [-0.1, -0.05) is 42.8 Å². The SMILES string of the molecule is CC/C=C\C/C=C\C[C@@]1(O)C=C(Cl)C(=O)/C1=C/[C@H](OC(C)=O)[C@H](CCCC(=O)OC)OC(C)=O. The Hall–Kier alpha value is -2.71. The molecule has 34 heavy (non-hydrogen) atoms. The van der Waals surface area contributed by atoms with Gasteiger partial charge in [0.25, 0.3) is 0 Å². The molecule has 1 aliphatic rings. The fourth-order valence-electron chi connectivity index (χ4n) is 3.39. The van der Waals surface area contributed by atoms with Gasteiger partial charge in [0.2, 0.25) is 5.78 Å². The summed E-state index contributed by atoms with van der Waals surface area (Å²) < 4.78 is 15.3. The molecule has 0 spiro atoms. The Kier molecular flexibility index (Phi) is 12.5. The van der Waals surface area contributed by atoms with Gasteiger partial charge in [-0.15, -0.1) is 0 Å². The number of halogens is 1. The van der Waals surface area contributed by atoms with Crippen LogP contribution in [0.2, 0.25) is 0 Å². The van der Waals surface area contributed by atoms with Gasteiger partial charge in [0.05, 0.1) is 12.1 Å². The molecule has 0 unspecified atom stereocenters. The van der Waals surface area contributed by atoms with Crippen molar-refractivity contribution in [2.75, 3.05) is 7.11 Å². The highest BCUT2D eigenvalue weighted by atomic mass is 35.5. The number of ketones is 1. The van der Waals surface area contributed by atoms with Crippen LogP contribution in [0.1, 0.15) is 59.3 Å². The molecule has 0 aromatic carbocycles.